The van der Waals surface area contributed by atoms with Gasteiger partial charge in [0.15, 0.2) is 5.13 Å². The van der Waals surface area contributed by atoms with E-state index in [1.165, 1.54) is 11.3 Å². The number of nitrogens with zero attached hydrogens (tertiary/aromatic N) is 3. The number of fused-ring (bicyclic) bond motifs is 1. The lowest BCUT2D eigenvalue weighted by Crippen LogP contribution is -2.32. The number of aromatic nitrogens is 2. The number of carbonyl (C=O) groups excluding carboxylic acids is 3. The molecule has 1 N–H and O–H groups in total. The molecule has 2 aromatic heterocycles. The van der Waals surface area contributed by atoms with Gasteiger partial charge in [-0.2, -0.15) is 0 Å². The Morgan fingerprint density at radius 1 is 1.07 bits per heavy atom. The Kier molecular flexibility index (Phi) is 4.47. The number of pyridine rings is 1. The Morgan fingerprint density at radius 3 is 2.48 bits per heavy atom. The normalized spacial score (nSPS) is 13.0. The highest BCUT2D eigenvalue weighted by Crippen LogP contribution is 2.25. The predicted octanol–water partition coefficient (Wildman–Crippen LogP) is 2.83. The van der Waals surface area contributed by atoms with E-state index in [9.17, 15) is 14.4 Å². The molecule has 7 nitrogen and oxygen atoms in total. The molecule has 0 fully saturated rings. The third-order valence-corrected chi connectivity index (χ3v) is 4.91. The highest BCUT2D eigenvalue weighted by Gasteiger charge is 2.34. The average Bonchev–Trinajstić information content (AvgIpc) is 3.25. The lowest BCUT2D eigenvalue weighted by molar-refractivity contribution is -0.116. The number of benzene rings is 1. The molecular weight excluding hydrogens is 364 g/mol. The number of hydrogen-bond acceptors (Lipinski definition) is 6. The molecule has 3 heterocycles. The van der Waals surface area contributed by atoms with Gasteiger partial charge in [-0.15, -0.1) is 11.3 Å². The van der Waals surface area contributed by atoms with E-state index in [4.69, 9.17) is 0 Å². The Morgan fingerprint density at radius 2 is 1.81 bits per heavy atom. The number of anilines is 1. The van der Waals surface area contributed by atoms with Crippen molar-refractivity contribution in [2.45, 2.75) is 6.42 Å². The molecule has 0 unspecified atom stereocenters. The van der Waals surface area contributed by atoms with Gasteiger partial charge in [-0.1, -0.05) is 12.1 Å². The number of hydrogen-bond donors (Lipinski definition) is 1. The molecule has 0 aliphatic carbocycles. The zero-order valence-corrected chi connectivity index (χ0v) is 14.9. The Bertz CT molecular complexity index is 997. The molecule has 1 aliphatic heterocycles. The number of carbonyl (C=O) groups is 3. The first-order valence-corrected chi connectivity index (χ1v) is 9.12. The largest absolute Gasteiger partial charge is 0.302 e. The molecule has 0 bridgehead atoms. The van der Waals surface area contributed by atoms with Gasteiger partial charge < -0.3 is 5.32 Å². The third kappa shape index (κ3) is 3.34. The topological polar surface area (TPSA) is 92.3 Å². The van der Waals surface area contributed by atoms with Crippen LogP contribution < -0.4 is 5.32 Å². The van der Waals surface area contributed by atoms with E-state index < -0.39 is 0 Å². The van der Waals surface area contributed by atoms with E-state index in [0.717, 1.165) is 16.2 Å². The quantitative estimate of drug-likeness (QED) is 0.689. The summed E-state index contributed by atoms with van der Waals surface area (Å²) in [5.41, 5.74) is 2.34. The van der Waals surface area contributed by atoms with Crippen LogP contribution in [0.25, 0.3) is 11.3 Å². The first kappa shape index (κ1) is 17.0. The maximum Gasteiger partial charge on any atom is 0.261 e. The lowest BCUT2D eigenvalue weighted by atomic mass is 10.1. The smallest absolute Gasteiger partial charge is 0.261 e. The fraction of sp³-hybridized carbons (Fsp3) is 0.105. The standard InChI is InChI=1S/C19H14N4O3S/c24-16(22-19-21-15(11-27-19)12-4-3-8-20-10-12)7-9-23-17(25)13-5-1-2-6-14(13)18(23)26/h1-6,8,10-11H,7,9H2,(H,21,22,24). The van der Waals surface area contributed by atoms with E-state index in [1.807, 2.05) is 17.5 Å². The van der Waals surface area contributed by atoms with Gasteiger partial charge in [-0.3, -0.25) is 24.3 Å². The minimum Gasteiger partial charge on any atom is -0.302 e. The third-order valence-electron chi connectivity index (χ3n) is 4.15. The second-order valence-corrected chi connectivity index (χ2v) is 6.74. The summed E-state index contributed by atoms with van der Waals surface area (Å²) in [5, 5.41) is 5.00. The first-order chi connectivity index (χ1) is 13.1. The van der Waals surface area contributed by atoms with Crippen LogP contribution in [0.4, 0.5) is 5.13 Å². The zero-order valence-electron chi connectivity index (χ0n) is 14.1. The molecule has 0 spiro atoms. The van der Waals surface area contributed by atoms with Crippen molar-refractivity contribution in [2.75, 3.05) is 11.9 Å². The van der Waals surface area contributed by atoms with Gasteiger partial charge in [0.25, 0.3) is 11.8 Å². The first-order valence-electron chi connectivity index (χ1n) is 8.24. The zero-order chi connectivity index (χ0) is 18.8. The van der Waals surface area contributed by atoms with Crippen molar-refractivity contribution in [1.82, 2.24) is 14.9 Å². The highest BCUT2D eigenvalue weighted by atomic mass is 32.1. The number of rotatable bonds is 5. The molecule has 134 valence electrons. The summed E-state index contributed by atoms with van der Waals surface area (Å²) in [5.74, 6) is -1.04. The van der Waals surface area contributed by atoms with E-state index in [2.05, 4.69) is 15.3 Å². The second kappa shape index (κ2) is 7.08. The molecule has 0 radical (unpaired) electrons. The van der Waals surface area contributed by atoms with Gasteiger partial charge >= 0.3 is 0 Å². The molecule has 8 heteroatoms. The fourth-order valence-electron chi connectivity index (χ4n) is 2.82. The summed E-state index contributed by atoms with van der Waals surface area (Å²) in [6.45, 7) is 0.0268. The van der Waals surface area contributed by atoms with Crippen LogP contribution in [0.15, 0.2) is 54.2 Å². The van der Waals surface area contributed by atoms with E-state index in [1.54, 1.807) is 36.7 Å². The molecular formula is C19H14N4O3S. The number of amides is 3. The van der Waals surface area contributed by atoms with Crippen LogP contribution in [0.5, 0.6) is 0 Å². The van der Waals surface area contributed by atoms with Gasteiger partial charge in [-0.25, -0.2) is 4.98 Å². The van der Waals surface area contributed by atoms with Gasteiger partial charge in [0, 0.05) is 36.3 Å². The molecule has 0 atom stereocenters. The summed E-state index contributed by atoms with van der Waals surface area (Å²) in [6, 6.07) is 10.4. The number of nitrogens with one attached hydrogen (secondary N) is 1. The molecule has 0 saturated heterocycles. The summed E-state index contributed by atoms with van der Waals surface area (Å²) >= 11 is 1.30. The minimum atomic E-state index is -0.364. The van der Waals surface area contributed by atoms with E-state index >= 15 is 0 Å². The van der Waals surface area contributed by atoms with Gasteiger partial charge in [0.1, 0.15) is 0 Å². The Labute approximate surface area is 158 Å². The molecule has 1 aliphatic rings. The maximum absolute atomic E-state index is 12.3. The van der Waals surface area contributed by atoms with Gasteiger partial charge in [0.2, 0.25) is 5.91 Å². The summed E-state index contributed by atoms with van der Waals surface area (Å²) in [6.07, 6.45) is 3.38. The molecule has 3 aromatic rings. The fourth-order valence-corrected chi connectivity index (χ4v) is 3.55. The van der Waals surface area contributed by atoms with Crippen LogP contribution in [-0.2, 0) is 4.79 Å². The Balaban J connectivity index is 1.37. The van der Waals surface area contributed by atoms with Crippen molar-refractivity contribution in [2.24, 2.45) is 0 Å². The second-order valence-electron chi connectivity index (χ2n) is 5.89. The van der Waals surface area contributed by atoms with Crippen molar-refractivity contribution in [1.29, 1.82) is 0 Å². The number of imide groups is 1. The van der Waals surface area contributed by atoms with Crippen molar-refractivity contribution >= 4 is 34.2 Å². The van der Waals surface area contributed by atoms with Crippen LogP contribution in [0, 0.1) is 0 Å². The minimum absolute atomic E-state index is 0.00722. The molecule has 4 rings (SSSR count). The van der Waals surface area contributed by atoms with Crippen molar-refractivity contribution in [3.8, 4) is 11.3 Å². The van der Waals surface area contributed by atoms with Crippen molar-refractivity contribution in [3.05, 3.63) is 65.3 Å². The number of thiazole rings is 1. The molecule has 1 aromatic carbocycles. The average molecular weight is 378 g/mol. The summed E-state index contributed by atoms with van der Waals surface area (Å²) < 4.78 is 0. The van der Waals surface area contributed by atoms with Gasteiger partial charge in [0.05, 0.1) is 16.8 Å². The van der Waals surface area contributed by atoms with Crippen LogP contribution in [0.3, 0.4) is 0 Å². The van der Waals surface area contributed by atoms with Crippen LogP contribution in [0.2, 0.25) is 0 Å². The highest BCUT2D eigenvalue weighted by molar-refractivity contribution is 7.14. The van der Waals surface area contributed by atoms with E-state index in [-0.39, 0.29) is 30.7 Å². The van der Waals surface area contributed by atoms with Gasteiger partial charge in [-0.05, 0) is 24.3 Å². The van der Waals surface area contributed by atoms with Crippen LogP contribution >= 0.6 is 11.3 Å². The summed E-state index contributed by atoms with van der Waals surface area (Å²) in [4.78, 5) is 46.3. The molecule has 27 heavy (non-hydrogen) atoms. The maximum atomic E-state index is 12.3. The molecule has 0 saturated carbocycles. The summed E-state index contributed by atoms with van der Waals surface area (Å²) in [7, 11) is 0. The van der Waals surface area contributed by atoms with Crippen molar-refractivity contribution in [3.63, 3.8) is 0 Å². The monoisotopic (exact) mass is 378 g/mol. The predicted molar refractivity (Wildman–Crippen MR) is 100 cm³/mol. The van der Waals surface area contributed by atoms with Crippen LogP contribution in [-0.4, -0.2) is 39.1 Å². The molecule has 3 amide bonds. The Hall–Kier alpha value is -3.39. The SMILES string of the molecule is O=C(CCN1C(=O)c2ccccc2C1=O)Nc1nc(-c2cccnc2)cs1. The lowest BCUT2D eigenvalue weighted by Gasteiger charge is -2.12. The van der Waals surface area contributed by atoms with Crippen LogP contribution in [0.1, 0.15) is 27.1 Å². The van der Waals surface area contributed by atoms with Crippen molar-refractivity contribution < 1.29 is 14.4 Å². The van der Waals surface area contributed by atoms with E-state index in [0.29, 0.717) is 16.3 Å².